The summed E-state index contributed by atoms with van der Waals surface area (Å²) in [7, 11) is 0. The number of anilines is 1. The highest BCUT2D eigenvalue weighted by Gasteiger charge is 2.20. The Hall–Kier alpha value is -2.01. The number of hydrogen-bond acceptors (Lipinski definition) is 4. The molecule has 1 aromatic heterocycles. The van der Waals surface area contributed by atoms with Crippen molar-refractivity contribution in [3.05, 3.63) is 39.1 Å². The van der Waals surface area contributed by atoms with E-state index < -0.39 is 0 Å². The molecule has 0 amide bonds. The van der Waals surface area contributed by atoms with E-state index in [9.17, 15) is 4.79 Å². The van der Waals surface area contributed by atoms with Crippen LogP contribution in [-0.2, 0) is 6.42 Å². The van der Waals surface area contributed by atoms with Gasteiger partial charge in [-0.15, -0.1) is 0 Å². The van der Waals surface area contributed by atoms with E-state index in [1.807, 2.05) is 0 Å². The van der Waals surface area contributed by atoms with E-state index in [0.29, 0.717) is 40.6 Å². The van der Waals surface area contributed by atoms with Crippen LogP contribution in [0.1, 0.15) is 5.56 Å². The zero-order valence-electron chi connectivity index (χ0n) is 9.37. The zero-order valence-corrected chi connectivity index (χ0v) is 10.1. The highest BCUT2D eigenvalue weighted by atomic mass is 35.5. The quantitative estimate of drug-likeness (QED) is 0.757. The van der Waals surface area contributed by atoms with Crippen molar-refractivity contribution >= 4 is 17.5 Å². The number of nitrogens with one attached hydrogen (secondary N) is 1. The van der Waals surface area contributed by atoms with Gasteiger partial charge in [0.2, 0.25) is 5.95 Å². The lowest BCUT2D eigenvalue weighted by atomic mass is 10.1. The molecule has 2 heterocycles. The second kappa shape index (κ2) is 4.03. The minimum absolute atomic E-state index is 0.0894. The molecule has 1 aliphatic rings. The molecule has 0 unspecified atom stereocenters. The summed E-state index contributed by atoms with van der Waals surface area (Å²) >= 11 is 5.98. The Morgan fingerprint density at radius 2 is 2.28 bits per heavy atom. The van der Waals surface area contributed by atoms with Crippen LogP contribution in [0.3, 0.4) is 0 Å². The average molecular weight is 264 g/mol. The number of rotatable bonds is 0. The zero-order chi connectivity index (χ0) is 12.7. The maximum Gasteiger partial charge on any atom is 0.256 e. The van der Waals surface area contributed by atoms with Gasteiger partial charge in [-0.25, -0.2) is 4.98 Å². The molecule has 0 aliphatic carbocycles. The van der Waals surface area contributed by atoms with Gasteiger partial charge in [0.1, 0.15) is 5.75 Å². The Morgan fingerprint density at radius 3 is 3.11 bits per heavy atom. The maximum atomic E-state index is 11.9. The van der Waals surface area contributed by atoms with Crippen LogP contribution in [0.4, 0.5) is 5.95 Å². The fraction of sp³-hybridized carbons (Fsp3) is 0.167. The molecule has 6 heteroatoms. The Balaban J connectivity index is 2.36. The minimum Gasteiger partial charge on any atom is -0.493 e. The summed E-state index contributed by atoms with van der Waals surface area (Å²) in [6.07, 6.45) is 0.490. The summed E-state index contributed by atoms with van der Waals surface area (Å²) in [5.74, 6) is 0.752. The van der Waals surface area contributed by atoms with E-state index >= 15 is 0 Å². The van der Waals surface area contributed by atoms with Crippen molar-refractivity contribution in [2.24, 2.45) is 0 Å². The molecule has 3 rings (SSSR count). The molecule has 0 saturated heterocycles. The smallest absolute Gasteiger partial charge is 0.256 e. The number of nitrogens with zero attached hydrogens (tertiary/aromatic N) is 1. The van der Waals surface area contributed by atoms with Crippen molar-refractivity contribution in [1.82, 2.24) is 9.97 Å². The second-order valence-electron chi connectivity index (χ2n) is 4.02. The number of benzene rings is 1. The third-order valence-electron chi connectivity index (χ3n) is 2.84. The number of aromatic amines is 1. The third-order valence-corrected chi connectivity index (χ3v) is 3.08. The summed E-state index contributed by atoms with van der Waals surface area (Å²) in [5, 5.41) is 0.561. The molecule has 18 heavy (non-hydrogen) atoms. The Labute approximate surface area is 108 Å². The van der Waals surface area contributed by atoms with Crippen LogP contribution >= 0.6 is 11.6 Å². The van der Waals surface area contributed by atoms with E-state index in [0.717, 1.165) is 0 Å². The Bertz CT molecular complexity index is 682. The monoisotopic (exact) mass is 263 g/mol. The summed E-state index contributed by atoms with van der Waals surface area (Å²) in [4.78, 5) is 18.6. The van der Waals surface area contributed by atoms with Crippen LogP contribution in [-0.4, -0.2) is 16.6 Å². The SMILES string of the molecule is Nc1nc2c(c(=O)[nH]1)CCOc1ccc(Cl)cc1-2. The fourth-order valence-electron chi connectivity index (χ4n) is 2.05. The van der Waals surface area contributed by atoms with Gasteiger partial charge in [-0.05, 0) is 18.2 Å². The second-order valence-corrected chi connectivity index (χ2v) is 4.45. The first kappa shape index (κ1) is 11.1. The predicted molar refractivity (Wildman–Crippen MR) is 68.9 cm³/mol. The third kappa shape index (κ3) is 1.73. The largest absolute Gasteiger partial charge is 0.493 e. The van der Waals surface area contributed by atoms with Gasteiger partial charge < -0.3 is 10.5 Å². The summed E-state index contributed by atoms with van der Waals surface area (Å²) in [6, 6.07) is 5.24. The van der Waals surface area contributed by atoms with Crippen LogP contribution in [0, 0.1) is 0 Å². The number of H-pyrrole nitrogens is 1. The first-order valence-corrected chi connectivity index (χ1v) is 5.84. The van der Waals surface area contributed by atoms with Gasteiger partial charge in [0.15, 0.2) is 0 Å². The molecule has 0 atom stereocenters. The van der Waals surface area contributed by atoms with Crippen molar-refractivity contribution in [3.8, 4) is 17.0 Å². The minimum atomic E-state index is -0.228. The summed E-state index contributed by atoms with van der Waals surface area (Å²) in [6.45, 7) is 0.427. The first-order chi connectivity index (χ1) is 8.65. The van der Waals surface area contributed by atoms with Crippen molar-refractivity contribution in [1.29, 1.82) is 0 Å². The van der Waals surface area contributed by atoms with E-state index in [1.54, 1.807) is 18.2 Å². The van der Waals surface area contributed by atoms with E-state index in [4.69, 9.17) is 22.1 Å². The van der Waals surface area contributed by atoms with E-state index in [1.165, 1.54) is 0 Å². The molecule has 3 N–H and O–H groups in total. The highest BCUT2D eigenvalue weighted by Crippen LogP contribution is 2.34. The van der Waals surface area contributed by atoms with Gasteiger partial charge >= 0.3 is 0 Å². The molecule has 0 spiro atoms. The van der Waals surface area contributed by atoms with Crippen LogP contribution in [0.25, 0.3) is 11.3 Å². The van der Waals surface area contributed by atoms with Crippen LogP contribution in [0.5, 0.6) is 5.75 Å². The topological polar surface area (TPSA) is 81.0 Å². The number of hydrogen-bond donors (Lipinski definition) is 2. The number of ether oxygens (including phenoxy) is 1. The molecular formula is C12H10ClN3O2. The van der Waals surface area contributed by atoms with Gasteiger partial charge in [-0.2, -0.15) is 0 Å². The molecule has 0 bridgehead atoms. The molecule has 1 aliphatic heterocycles. The fourth-order valence-corrected chi connectivity index (χ4v) is 2.22. The van der Waals surface area contributed by atoms with Gasteiger partial charge in [-0.1, -0.05) is 11.6 Å². The average Bonchev–Trinajstić information content (AvgIpc) is 2.49. The predicted octanol–water partition coefficient (Wildman–Crippen LogP) is 1.61. The summed E-state index contributed by atoms with van der Waals surface area (Å²) in [5.41, 5.74) is 7.18. The lowest BCUT2D eigenvalue weighted by Crippen LogP contribution is -2.18. The van der Waals surface area contributed by atoms with Crippen LogP contribution < -0.4 is 16.0 Å². The van der Waals surface area contributed by atoms with Crippen molar-refractivity contribution in [2.45, 2.75) is 6.42 Å². The maximum absolute atomic E-state index is 11.9. The molecule has 0 fully saturated rings. The normalized spacial score (nSPS) is 13.2. The molecule has 2 aromatic rings. The first-order valence-electron chi connectivity index (χ1n) is 5.46. The highest BCUT2D eigenvalue weighted by molar-refractivity contribution is 6.31. The van der Waals surface area contributed by atoms with Gasteiger partial charge in [-0.3, -0.25) is 9.78 Å². The lowest BCUT2D eigenvalue weighted by molar-refractivity contribution is 0.326. The number of nitrogens with two attached hydrogens (primary N) is 1. The molecule has 92 valence electrons. The Kier molecular flexibility index (Phi) is 2.48. The van der Waals surface area contributed by atoms with Gasteiger partial charge in [0.25, 0.3) is 5.56 Å². The Morgan fingerprint density at radius 1 is 1.44 bits per heavy atom. The van der Waals surface area contributed by atoms with Gasteiger partial charge in [0, 0.05) is 22.6 Å². The van der Waals surface area contributed by atoms with Crippen LogP contribution in [0.15, 0.2) is 23.0 Å². The van der Waals surface area contributed by atoms with E-state index in [2.05, 4.69) is 9.97 Å². The molecule has 1 aromatic carbocycles. The number of halogens is 1. The van der Waals surface area contributed by atoms with Crippen LogP contribution in [0.2, 0.25) is 5.02 Å². The molecule has 5 nitrogen and oxygen atoms in total. The van der Waals surface area contributed by atoms with Crippen molar-refractivity contribution in [3.63, 3.8) is 0 Å². The number of fused-ring (bicyclic) bond motifs is 3. The lowest BCUT2D eigenvalue weighted by Gasteiger charge is -2.08. The summed E-state index contributed by atoms with van der Waals surface area (Å²) < 4.78 is 5.59. The van der Waals surface area contributed by atoms with Crippen molar-refractivity contribution in [2.75, 3.05) is 12.3 Å². The standard InChI is InChI=1S/C12H10ClN3O2/c13-6-1-2-9-8(5-6)10-7(3-4-18-9)11(17)16-12(14)15-10/h1-2,5H,3-4H2,(H3,14,15,16,17). The molecular weight excluding hydrogens is 254 g/mol. The van der Waals surface area contributed by atoms with Crippen molar-refractivity contribution < 1.29 is 4.74 Å². The van der Waals surface area contributed by atoms with Gasteiger partial charge in [0.05, 0.1) is 12.3 Å². The van der Waals surface area contributed by atoms with E-state index in [-0.39, 0.29) is 11.5 Å². The molecule has 0 saturated carbocycles. The number of aromatic nitrogens is 2. The molecule has 0 radical (unpaired) electrons. The number of nitrogen functional groups attached to an aromatic ring is 1.